The Hall–Kier alpha value is -2.95. The lowest BCUT2D eigenvalue weighted by Gasteiger charge is -2.41. The van der Waals surface area contributed by atoms with E-state index in [4.69, 9.17) is 0 Å². The van der Waals surface area contributed by atoms with E-state index in [-0.39, 0.29) is 17.7 Å². The molecule has 0 radical (unpaired) electrons. The third-order valence-electron chi connectivity index (χ3n) is 6.30. The smallest absolute Gasteiger partial charge is 0.246 e. The lowest BCUT2D eigenvalue weighted by molar-refractivity contribution is -0.153. The van der Waals surface area contributed by atoms with Gasteiger partial charge in [0.05, 0.1) is 0 Å². The van der Waals surface area contributed by atoms with Crippen LogP contribution in [-0.2, 0) is 16.0 Å². The molecule has 2 amide bonds. The highest BCUT2D eigenvalue weighted by Crippen LogP contribution is 2.29. The molecule has 1 atom stereocenters. The van der Waals surface area contributed by atoms with Crippen LogP contribution in [0.1, 0.15) is 31.2 Å². The third kappa shape index (κ3) is 4.30. The van der Waals surface area contributed by atoms with Gasteiger partial charge in [0.1, 0.15) is 6.04 Å². The largest absolute Gasteiger partial charge is 0.335 e. The predicted octanol–water partition coefficient (Wildman–Crippen LogP) is 3.71. The van der Waals surface area contributed by atoms with Gasteiger partial charge in [0, 0.05) is 44.4 Å². The summed E-state index contributed by atoms with van der Waals surface area (Å²) in [4.78, 5) is 34.2. The Morgan fingerprint density at radius 1 is 1.10 bits per heavy atom. The first-order valence-corrected chi connectivity index (χ1v) is 10.9. The molecule has 2 aromatic rings. The Balaban J connectivity index is 1.54. The van der Waals surface area contributed by atoms with Crippen molar-refractivity contribution in [3.63, 3.8) is 0 Å². The van der Waals surface area contributed by atoms with Crippen LogP contribution in [0.2, 0.25) is 0 Å². The van der Waals surface area contributed by atoms with E-state index >= 15 is 0 Å². The number of nitrogens with zero attached hydrogens (tertiary/aromatic N) is 3. The highest BCUT2D eigenvalue weighted by atomic mass is 16.2. The number of rotatable bonds is 6. The molecule has 2 heterocycles. The number of benzene rings is 1. The average Bonchev–Trinajstić information content (AvgIpc) is 3.32. The fraction of sp³-hybridized carbons (Fsp3) is 0.400. The van der Waals surface area contributed by atoms with Crippen molar-refractivity contribution in [2.45, 2.75) is 38.1 Å². The van der Waals surface area contributed by atoms with E-state index in [1.165, 1.54) is 0 Å². The summed E-state index contributed by atoms with van der Waals surface area (Å²) < 4.78 is 0. The van der Waals surface area contributed by atoms with Crippen molar-refractivity contribution in [3.8, 4) is 11.1 Å². The van der Waals surface area contributed by atoms with Gasteiger partial charge in [-0.15, -0.1) is 6.58 Å². The van der Waals surface area contributed by atoms with E-state index in [1.54, 1.807) is 12.3 Å². The SMILES string of the molecule is C=CCN1CCN(C(=O)C2CCCC2)[C@H](Cc2ccc(-c3cccnc3)cc2)C1=O. The normalized spacial score (nSPS) is 19.9. The minimum absolute atomic E-state index is 0.0313. The number of pyridine rings is 1. The minimum atomic E-state index is -0.434. The van der Waals surface area contributed by atoms with Crippen LogP contribution >= 0.6 is 0 Å². The molecule has 5 nitrogen and oxygen atoms in total. The van der Waals surface area contributed by atoms with E-state index in [9.17, 15) is 9.59 Å². The molecule has 1 aromatic heterocycles. The summed E-state index contributed by atoms with van der Waals surface area (Å²) in [6.07, 6.45) is 10.0. The fourth-order valence-corrected chi connectivity index (χ4v) is 4.63. The molecule has 2 fully saturated rings. The van der Waals surface area contributed by atoms with Gasteiger partial charge in [-0.05, 0) is 35.6 Å². The van der Waals surface area contributed by atoms with E-state index in [0.717, 1.165) is 42.4 Å². The predicted molar refractivity (Wildman–Crippen MR) is 118 cm³/mol. The Kier molecular flexibility index (Phi) is 6.26. The summed E-state index contributed by atoms with van der Waals surface area (Å²) in [6, 6.07) is 11.7. The Morgan fingerprint density at radius 3 is 2.53 bits per heavy atom. The van der Waals surface area contributed by atoms with Crippen molar-refractivity contribution in [2.75, 3.05) is 19.6 Å². The first-order chi connectivity index (χ1) is 14.7. The summed E-state index contributed by atoms with van der Waals surface area (Å²) in [5.74, 6) is 0.277. The zero-order valence-electron chi connectivity index (χ0n) is 17.4. The number of aromatic nitrogens is 1. The zero-order valence-corrected chi connectivity index (χ0v) is 17.4. The number of hydrogen-bond donors (Lipinski definition) is 0. The summed E-state index contributed by atoms with van der Waals surface area (Å²) >= 11 is 0. The van der Waals surface area contributed by atoms with Gasteiger partial charge in [0.25, 0.3) is 0 Å². The second kappa shape index (κ2) is 9.24. The molecular formula is C25H29N3O2. The van der Waals surface area contributed by atoms with Gasteiger partial charge in [-0.1, -0.05) is 49.2 Å². The maximum Gasteiger partial charge on any atom is 0.246 e. The topological polar surface area (TPSA) is 53.5 Å². The molecule has 0 unspecified atom stereocenters. The molecule has 5 heteroatoms. The van der Waals surface area contributed by atoms with Crippen molar-refractivity contribution >= 4 is 11.8 Å². The lowest BCUT2D eigenvalue weighted by atomic mass is 9.96. The first-order valence-electron chi connectivity index (χ1n) is 10.9. The molecule has 0 N–H and O–H groups in total. The first kappa shape index (κ1) is 20.3. The van der Waals surface area contributed by atoms with Crippen LogP contribution in [0.4, 0.5) is 0 Å². The molecule has 1 aromatic carbocycles. The number of piperazine rings is 1. The van der Waals surface area contributed by atoms with E-state index in [2.05, 4.69) is 35.8 Å². The van der Waals surface area contributed by atoms with Gasteiger partial charge in [-0.3, -0.25) is 14.6 Å². The Bertz CT molecular complexity index is 888. The molecule has 0 spiro atoms. The highest BCUT2D eigenvalue weighted by Gasteiger charge is 2.39. The molecule has 1 saturated heterocycles. The van der Waals surface area contributed by atoms with Crippen LogP contribution in [0.15, 0.2) is 61.4 Å². The van der Waals surface area contributed by atoms with E-state index in [1.807, 2.05) is 28.1 Å². The van der Waals surface area contributed by atoms with Crippen molar-refractivity contribution in [1.82, 2.24) is 14.8 Å². The van der Waals surface area contributed by atoms with Gasteiger partial charge < -0.3 is 9.80 Å². The van der Waals surface area contributed by atoms with Crippen molar-refractivity contribution in [1.29, 1.82) is 0 Å². The van der Waals surface area contributed by atoms with Gasteiger partial charge in [-0.25, -0.2) is 0 Å². The molecule has 0 bridgehead atoms. The van der Waals surface area contributed by atoms with Crippen LogP contribution in [0.25, 0.3) is 11.1 Å². The average molecular weight is 404 g/mol. The summed E-state index contributed by atoms with van der Waals surface area (Å²) in [5.41, 5.74) is 3.22. The second-order valence-corrected chi connectivity index (χ2v) is 8.24. The molecule has 1 saturated carbocycles. The van der Waals surface area contributed by atoms with Crippen molar-refractivity contribution in [3.05, 3.63) is 67.0 Å². The molecule has 1 aliphatic heterocycles. The minimum Gasteiger partial charge on any atom is -0.335 e. The Morgan fingerprint density at radius 2 is 1.87 bits per heavy atom. The molecule has 1 aliphatic carbocycles. The van der Waals surface area contributed by atoms with Crippen LogP contribution in [0.5, 0.6) is 0 Å². The van der Waals surface area contributed by atoms with Crippen LogP contribution in [0, 0.1) is 5.92 Å². The monoisotopic (exact) mass is 403 g/mol. The summed E-state index contributed by atoms with van der Waals surface area (Å²) in [7, 11) is 0. The quantitative estimate of drug-likeness (QED) is 0.691. The van der Waals surface area contributed by atoms with Crippen LogP contribution < -0.4 is 0 Å². The molecule has 30 heavy (non-hydrogen) atoms. The maximum atomic E-state index is 13.2. The molecule has 4 rings (SSSR count). The third-order valence-corrected chi connectivity index (χ3v) is 6.30. The second-order valence-electron chi connectivity index (χ2n) is 8.24. The molecule has 2 aliphatic rings. The Labute approximate surface area is 178 Å². The standard InChI is InChI=1S/C25H29N3O2/c1-2-14-27-15-16-28(24(29)21-6-3-4-7-21)23(25(27)30)17-19-9-11-20(12-10-19)22-8-5-13-26-18-22/h2,5,8-13,18,21,23H,1,3-4,6-7,14-17H2/t23-/m1/s1. The number of amides is 2. The van der Waals surface area contributed by atoms with E-state index in [0.29, 0.717) is 26.1 Å². The van der Waals surface area contributed by atoms with Crippen LogP contribution in [0.3, 0.4) is 0 Å². The van der Waals surface area contributed by atoms with E-state index < -0.39 is 6.04 Å². The summed E-state index contributed by atoms with van der Waals surface area (Å²) in [6.45, 7) is 5.49. The number of carbonyl (C=O) groups excluding carboxylic acids is 2. The van der Waals surface area contributed by atoms with Crippen molar-refractivity contribution in [2.24, 2.45) is 5.92 Å². The van der Waals surface area contributed by atoms with Crippen LogP contribution in [-0.4, -0.2) is 52.3 Å². The summed E-state index contributed by atoms with van der Waals surface area (Å²) in [5, 5.41) is 0. The zero-order chi connectivity index (χ0) is 20.9. The highest BCUT2D eigenvalue weighted by molar-refractivity contribution is 5.90. The lowest BCUT2D eigenvalue weighted by Crippen LogP contribution is -2.60. The fourth-order valence-electron chi connectivity index (χ4n) is 4.63. The maximum absolute atomic E-state index is 13.2. The van der Waals surface area contributed by atoms with Gasteiger partial charge in [-0.2, -0.15) is 0 Å². The number of carbonyl (C=O) groups is 2. The van der Waals surface area contributed by atoms with Gasteiger partial charge >= 0.3 is 0 Å². The van der Waals surface area contributed by atoms with Gasteiger partial charge in [0.15, 0.2) is 0 Å². The van der Waals surface area contributed by atoms with Crippen molar-refractivity contribution < 1.29 is 9.59 Å². The number of hydrogen-bond acceptors (Lipinski definition) is 3. The molecule has 156 valence electrons. The molecular weight excluding hydrogens is 374 g/mol. The van der Waals surface area contributed by atoms with Gasteiger partial charge in [0.2, 0.25) is 11.8 Å².